The van der Waals surface area contributed by atoms with Gasteiger partial charge in [-0.15, -0.1) is 0 Å². The number of hydrogen-bond donors (Lipinski definition) is 2. The summed E-state index contributed by atoms with van der Waals surface area (Å²) in [5.41, 5.74) is 0.303. The molecule has 1 aliphatic carbocycles. The van der Waals surface area contributed by atoms with Gasteiger partial charge < -0.3 is 15.2 Å². The quantitative estimate of drug-likeness (QED) is 0.680. The van der Waals surface area contributed by atoms with Crippen molar-refractivity contribution in [2.45, 2.75) is 38.8 Å². The van der Waals surface area contributed by atoms with Gasteiger partial charge in [0, 0.05) is 42.9 Å². The molecule has 0 bridgehead atoms. The third-order valence-corrected chi connectivity index (χ3v) is 5.23. The van der Waals surface area contributed by atoms with E-state index in [4.69, 9.17) is 9.84 Å². The largest absolute Gasteiger partial charge is 0.396 e. The monoisotopic (exact) mass is 259 g/mol. The fraction of sp³-hybridized carbons (Fsp3) is 1.00. The van der Waals surface area contributed by atoms with Crippen molar-refractivity contribution >= 4 is 11.8 Å². The maximum Gasteiger partial charge on any atom is 0.0685 e. The normalized spacial score (nSPS) is 34.4. The average Bonchev–Trinajstić information content (AvgIpc) is 2.74. The number of rotatable bonds is 7. The van der Waals surface area contributed by atoms with Crippen LogP contribution >= 0.6 is 11.8 Å². The van der Waals surface area contributed by atoms with Crippen molar-refractivity contribution in [3.05, 3.63) is 0 Å². The van der Waals surface area contributed by atoms with Gasteiger partial charge in [0.15, 0.2) is 0 Å². The molecule has 0 amide bonds. The average molecular weight is 259 g/mol. The van der Waals surface area contributed by atoms with Crippen molar-refractivity contribution in [1.82, 2.24) is 5.32 Å². The van der Waals surface area contributed by atoms with Crippen molar-refractivity contribution in [2.24, 2.45) is 11.3 Å². The smallest absolute Gasteiger partial charge is 0.0685 e. The molecule has 0 aromatic heterocycles. The molecule has 2 N–H and O–H groups in total. The highest BCUT2D eigenvalue weighted by molar-refractivity contribution is 7.99. The van der Waals surface area contributed by atoms with Crippen LogP contribution in [0.4, 0.5) is 0 Å². The van der Waals surface area contributed by atoms with E-state index in [0.29, 0.717) is 24.2 Å². The number of nitrogens with one attached hydrogen (secondary N) is 1. The molecule has 1 saturated carbocycles. The number of thioether (sulfide) groups is 1. The first-order chi connectivity index (χ1) is 8.18. The standard InChI is InChI=1S/C13H25NO2S/c1-13(2)11(10-4-7-16-12(10)13)14-5-9-17-8-3-6-15/h10-12,14-15H,3-9H2,1-2H3. The summed E-state index contributed by atoms with van der Waals surface area (Å²) in [5.74, 6) is 2.96. The van der Waals surface area contributed by atoms with E-state index in [1.54, 1.807) is 0 Å². The highest BCUT2D eigenvalue weighted by atomic mass is 32.2. The number of fused-ring (bicyclic) bond motifs is 1. The van der Waals surface area contributed by atoms with Crippen molar-refractivity contribution in [3.8, 4) is 0 Å². The number of aliphatic hydroxyl groups is 1. The molecule has 0 aromatic carbocycles. The van der Waals surface area contributed by atoms with Crippen LogP contribution in [0, 0.1) is 11.3 Å². The summed E-state index contributed by atoms with van der Waals surface area (Å²) in [6.45, 7) is 6.97. The SMILES string of the molecule is CC1(C)C(NCCSCCCO)C2CCOC21. The van der Waals surface area contributed by atoms with Gasteiger partial charge in [0.25, 0.3) is 0 Å². The summed E-state index contributed by atoms with van der Waals surface area (Å²) in [4.78, 5) is 0. The first-order valence-electron chi connectivity index (χ1n) is 6.71. The van der Waals surface area contributed by atoms with Gasteiger partial charge in [-0.3, -0.25) is 0 Å². The predicted octanol–water partition coefficient (Wildman–Crippen LogP) is 1.51. The lowest BCUT2D eigenvalue weighted by Gasteiger charge is -2.55. The first kappa shape index (κ1) is 13.7. The Kier molecular flexibility index (Phi) is 4.75. The van der Waals surface area contributed by atoms with E-state index in [-0.39, 0.29) is 0 Å². The zero-order valence-electron chi connectivity index (χ0n) is 10.9. The minimum atomic E-state index is 0.303. The van der Waals surface area contributed by atoms with Crippen LogP contribution in [0.2, 0.25) is 0 Å². The maximum absolute atomic E-state index is 8.69. The van der Waals surface area contributed by atoms with Crippen molar-refractivity contribution in [2.75, 3.05) is 31.3 Å². The van der Waals surface area contributed by atoms with Crippen LogP contribution in [-0.4, -0.2) is 48.5 Å². The summed E-state index contributed by atoms with van der Waals surface area (Å²) in [6, 6.07) is 0.633. The van der Waals surface area contributed by atoms with Crippen LogP contribution in [0.15, 0.2) is 0 Å². The Morgan fingerprint density at radius 2 is 2.24 bits per heavy atom. The number of aliphatic hydroxyl groups excluding tert-OH is 1. The summed E-state index contributed by atoms with van der Waals surface area (Å²) in [5, 5.41) is 12.4. The van der Waals surface area contributed by atoms with Gasteiger partial charge in [-0.2, -0.15) is 11.8 Å². The van der Waals surface area contributed by atoms with Gasteiger partial charge in [-0.05, 0) is 18.6 Å². The lowest BCUT2D eigenvalue weighted by molar-refractivity contribution is -0.111. The van der Waals surface area contributed by atoms with E-state index >= 15 is 0 Å². The van der Waals surface area contributed by atoms with E-state index in [0.717, 1.165) is 37.0 Å². The van der Waals surface area contributed by atoms with Crippen LogP contribution in [0.3, 0.4) is 0 Å². The van der Waals surface area contributed by atoms with E-state index in [9.17, 15) is 0 Å². The molecular weight excluding hydrogens is 234 g/mol. The highest BCUT2D eigenvalue weighted by Gasteiger charge is 2.58. The molecule has 17 heavy (non-hydrogen) atoms. The zero-order valence-corrected chi connectivity index (χ0v) is 11.8. The fourth-order valence-corrected chi connectivity index (χ4v) is 4.09. The Hall–Kier alpha value is 0.230. The lowest BCUT2D eigenvalue weighted by Crippen LogP contribution is -2.66. The van der Waals surface area contributed by atoms with Crippen LogP contribution in [0.1, 0.15) is 26.7 Å². The number of ether oxygens (including phenoxy) is 1. The van der Waals surface area contributed by atoms with Crippen LogP contribution in [0.25, 0.3) is 0 Å². The Labute approximate surface area is 109 Å². The maximum atomic E-state index is 8.69. The van der Waals surface area contributed by atoms with Crippen molar-refractivity contribution in [3.63, 3.8) is 0 Å². The highest BCUT2D eigenvalue weighted by Crippen LogP contribution is 2.51. The molecule has 100 valence electrons. The zero-order chi connectivity index (χ0) is 12.3. The lowest BCUT2D eigenvalue weighted by atomic mass is 9.57. The molecule has 4 heteroatoms. The molecule has 3 nitrogen and oxygen atoms in total. The molecular formula is C13H25NO2S. The molecule has 1 saturated heterocycles. The predicted molar refractivity (Wildman–Crippen MR) is 72.4 cm³/mol. The molecule has 2 rings (SSSR count). The molecule has 3 unspecified atom stereocenters. The van der Waals surface area contributed by atoms with Gasteiger partial charge in [-0.25, -0.2) is 0 Å². The molecule has 2 fully saturated rings. The van der Waals surface area contributed by atoms with E-state index < -0.39 is 0 Å². The minimum Gasteiger partial charge on any atom is -0.396 e. The Bertz CT molecular complexity index is 248. The van der Waals surface area contributed by atoms with Gasteiger partial charge in [0.2, 0.25) is 0 Å². The fourth-order valence-electron chi connectivity index (χ4n) is 3.29. The van der Waals surface area contributed by atoms with E-state index in [1.165, 1.54) is 6.42 Å². The van der Waals surface area contributed by atoms with Gasteiger partial charge in [-0.1, -0.05) is 13.8 Å². The van der Waals surface area contributed by atoms with Crippen molar-refractivity contribution in [1.29, 1.82) is 0 Å². The second-order valence-electron chi connectivity index (χ2n) is 5.69. The van der Waals surface area contributed by atoms with E-state index in [2.05, 4.69) is 19.2 Å². The molecule has 1 heterocycles. The summed E-state index contributed by atoms with van der Waals surface area (Å²) in [7, 11) is 0. The number of hydrogen-bond acceptors (Lipinski definition) is 4. The molecule has 0 aromatic rings. The summed E-state index contributed by atoms with van der Waals surface area (Å²) >= 11 is 1.93. The molecule has 1 aliphatic heterocycles. The summed E-state index contributed by atoms with van der Waals surface area (Å²) < 4.78 is 5.78. The topological polar surface area (TPSA) is 41.5 Å². The Morgan fingerprint density at radius 1 is 1.41 bits per heavy atom. The minimum absolute atomic E-state index is 0.303. The third-order valence-electron chi connectivity index (χ3n) is 4.16. The van der Waals surface area contributed by atoms with Crippen LogP contribution in [0.5, 0.6) is 0 Å². The van der Waals surface area contributed by atoms with Crippen LogP contribution in [-0.2, 0) is 4.74 Å². The Morgan fingerprint density at radius 3 is 3.00 bits per heavy atom. The van der Waals surface area contributed by atoms with Crippen molar-refractivity contribution < 1.29 is 9.84 Å². The molecule has 3 atom stereocenters. The summed E-state index contributed by atoms with van der Waals surface area (Å²) in [6.07, 6.45) is 2.63. The first-order valence-corrected chi connectivity index (χ1v) is 7.87. The van der Waals surface area contributed by atoms with Gasteiger partial charge in [0.05, 0.1) is 6.10 Å². The second kappa shape index (κ2) is 5.91. The molecule has 2 aliphatic rings. The molecule has 0 spiro atoms. The third kappa shape index (κ3) is 2.80. The van der Waals surface area contributed by atoms with Gasteiger partial charge in [0.1, 0.15) is 0 Å². The van der Waals surface area contributed by atoms with E-state index in [1.807, 2.05) is 11.8 Å². The molecule has 0 radical (unpaired) electrons. The Balaban J connectivity index is 1.63. The van der Waals surface area contributed by atoms with Gasteiger partial charge >= 0.3 is 0 Å². The van der Waals surface area contributed by atoms with Crippen LogP contribution < -0.4 is 5.32 Å². The second-order valence-corrected chi connectivity index (χ2v) is 6.91.